The third-order valence-corrected chi connectivity index (χ3v) is 10.8. The maximum atomic E-state index is 13.9. The molecule has 4 aliphatic carbocycles. The molecule has 6 rings (SSSR count). The molecule has 182 valence electrons. The average Bonchev–Trinajstić information content (AvgIpc) is 3.43. The van der Waals surface area contributed by atoms with Crippen molar-refractivity contribution in [3.63, 3.8) is 0 Å². The summed E-state index contributed by atoms with van der Waals surface area (Å²) in [5, 5.41) is 4.54. The number of rotatable bonds is 2. The zero-order chi connectivity index (χ0) is 23.9. The Morgan fingerprint density at radius 2 is 1.85 bits per heavy atom. The molecule has 0 bridgehead atoms. The lowest BCUT2D eigenvalue weighted by Crippen LogP contribution is -2.60. The van der Waals surface area contributed by atoms with Gasteiger partial charge in [-0.05, 0) is 85.8 Å². The zero-order valence-corrected chi connectivity index (χ0v) is 21.6. The van der Waals surface area contributed by atoms with Crippen LogP contribution in [0.5, 0.6) is 0 Å². The second-order valence-electron chi connectivity index (χ2n) is 12.1. The molecule has 3 saturated carbocycles. The molecule has 6 heteroatoms. The summed E-state index contributed by atoms with van der Waals surface area (Å²) in [5.41, 5.74) is 1.72. The fraction of sp³-hybridized carbons (Fsp3) is 0.643. The summed E-state index contributed by atoms with van der Waals surface area (Å²) in [7, 11) is 0. The highest BCUT2D eigenvalue weighted by Gasteiger charge is 2.59. The highest BCUT2D eigenvalue weighted by Crippen LogP contribution is 2.64. The molecule has 1 aromatic carbocycles. The van der Waals surface area contributed by atoms with Crippen molar-refractivity contribution in [1.82, 2.24) is 10.2 Å². The summed E-state index contributed by atoms with van der Waals surface area (Å²) in [6.07, 6.45) is 11.3. The van der Waals surface area contributed by atoms with Gasteiger partial charge in [0.2, 0.25) is 0 Å². The van der Waals surface area contributed by atoms with Crippen LogP contribution < -0.4 is 5.32 Å². The number of ketones is 1. The largest absolute Gasteiger partial charge is 0.328 e. The van der Waals surface area contributed by atoms with Crippen molar-refractivity contribution in [2.75, 3.05) is 6.54 Å². The Kier molecular flexibility index (Phi) is 5.21. The molecule has 0 spiro atoms. The van der Waals surface area contributed by atoms with Gasteiger partial charge in [-0.3, -0.25) is 9.69 Å². The minimum atomic E-state index is -0.445. The molecule has 4 nitrogen and oxygen atoms in total. The van der Waals surface area contributed by atoms with Gasteiger partial charge in [0.1, 0.15) is 0 Å². The first-order valence-electron chi connectivity index (χ1n) is 13.0. The van der Waals surface area contributed by atoms with E-state index in [-0.39, 0.29) is 17.2 Å². The summed E-state index contributed by atoms with van der Waals surface area (Å²) < 4.78 is 0. The van der Waals surface area contributed by atoms with E-state index in [4.69, 9.17) is 23.2 Å². The number of carbonyl (C=O) groups excluding carboxylic acids is 2. The van der Waals surface area contributed by atoms with Crippen LogP contribution in [-0.2, 0) is 10.3 Å². The van der Waals surface area contributed by atoms with E-state index < -0.39 is 5.54 Å². The molecule has 1 aromatic rings. The summed E-state index contributed by atoms with van der Waals surface area (Å²) in [5.74, 6) is 1.86. The number of benzene rings is 1. The van der Waals surface area contributed by atoms with Crippen molar-refractivity contribution >= 4 is 35.0 Å². The van der Waals surface area contributed by atoms with Crippen LogP contribution in [0.3, 0.4) is 0 Å². The van der Waals surface area contributed by atoms with E-state index in [9.17, 15) is 9.59 Å². The molecule has 1 N–H and O–H groups in total. The van der Waals surface area contributed by atoms with Crippen molar-refractivity contribution in [3.8, 4) is 0 Å². The monoisotopic (exact) mass is 500 g/mol. The number of amides is 2. The third-order valence-electron chi connectivity index (χ3n) is 10.3. The van der Waals surface area contributed by atoms with Crippen LogP contribution in [0, 0.1) is 28.6 Å². The topological polar surface area (TPSA) is 49.4 Å². The Labute approximate surface area is 212 Å². The number of allylic oxidation sites excluding steroid dienone is 2. The summed E-state index contributed by atoms with van der Waals surface area (Å²) in [4.78, 5) is 28.5. The lowest BCUT2D eigenvalue weighted by atomic mass is 9.50. The molecule has 0 radical (unpaired) electrons. The van der Waals surface area contributed by atoms with Gasteiger partial charge in [-0.15, -0.1) is 0 Å². The average molecular weight is 501 g/mol. The number of nitrogens with one attached hydrogen (secondary N) is 1. The van der Waals surface area contributed by atoms with Crippen LogP contribution in [0.15, 0.2) is 30.0 Å². The number of fused-ring (bicyclic) bond motifs is 5. The fourth-order valence-corrected chi connectivity index (χ4v) is 8.82. The maximum absolute atomic E-state index is 13.9. The number of likely N-dealkylation sites (tertiary alicyclic amines) is 1. The number of halogens is 2. The van der Waals surface area contributed by atoms with Crippen LogP contribution in [0.25, 0.3) is 0 Å². The zero-order valence-electron chi connectivity index (χ0n) is 20.1. The highest BCUT2D eigenvalue weighted by molar-refractivity contribution is 6.35. The van der Waals surface area contributed by atoms with Gasteiger partial charge in [-0.2, -0.15) is 0 Å². The van der Waals surface area contributed by atoms with E-state index in [1.165, 1.54) is 32.1 Å². The quantitative estimate of drug-likeness (QED) is 0.470. The molecule has 2 amide bonds. The SMILES string of the molecule is C[C@@]12CCC[C@H]1[C@@H]1CN(C(=O)NC3(c4ccc(Cl)cc4Cl)CC3)C3=CC(=O)CC[C@]3(C)[C@H]1CC2. The van der Waals surface area contributed by atoms with Crippen LogP contribution in [0.1, 0.15) is 77.2 Å². The molecular weight excluding hydrogens is 467 g/mol. The lowest BCUT2D eigenvalue weighted by molar-refractivity contribution is -0.118. The Balaban J connectivity index is 1.34. The van der Waals surface area contributed by atoms with Gasteiger partial charge in [0.05, 0.1) is 5.54 Å². The number of nitrogens with zero attached hydrogens (tertiary/aromatic N) is 1. The van der Waals surface area contributed by atoms with E-state index in [0.717, 1.165) is 37.1 Å². The van der Waals surface area contributed by atoms with Gasteiger partial charge in [-0.1, -0.05) is 49.5 Å². The first kappa shape index (κ1) is 22.9. The van der Waals surface area contributed by atoms with Crippen molar-refractivity contribution in [2.45, 2.75) is 77.2 Å². The van der Waals surface area contributed by atoms with Crippen LogP contribution in [0.2, 0.25) is 10.0 Å². The molecule has 4 fully saturated rings. The maximum Gasteiger partial charge on any atom is 0.322 e. The number of piperidine rings is 1. The predicted octanol–water partition coefficient (Wildman–Crippen LogP) is 7.09. The van der Waals surface area contributed by atoms with Gasteiger partial charge in [0.15, 0.2) is 5.78 Å². The predicted molar refractivity (Wildman–Crippen MR) is 135 cm³/mol. The Morgan fingerprint density at radius 1 is 1.06 bits per heavy atom. The third kappa shape index (κ3) is 3.38. The molecule has 1 heterocycles. The van der Waals surface area contributed by atoms with E-state index in [0.29, 0.717) is 39.6 Å². The molecule has 0 unspecified atom stereocenters. The Morgan fingerprint density at radius 3 is 2.59 bits per heavy atom. The summed E-state index contributed by atoms with van der Waals surface area (Å²) >= 11 is 12.7. The van der Waals surface area contributed by atoms with Crippen LogP contribution in [-0.4, -0.2) is 23.3 Å². The summed E-state index contributed by atoms with van der Waals surface area (Å²) in [6.45, 7) is 5.52. The van der Waals surface area contributed by atoms with Crippen molar-refractivity contribution in [3.05, 3.63) is 45.6 Å². The van der Waals surface area contributed by atoms with E-state index in [1.54, 1.807) is 12.1 Å². The van der Waals surface area contributed by atoms with Crippen molar-refractivity contribution in [1.29, 1.82) is 0 Å². The number of hydrogen-bond acceptors (Lipinski definition) is 2. The molecular formula is C28H34Cl2N2O2. The molecule has 34 heavy (non-hydrogen) atoms. The smallest absolute Gasteiger partial charge is 0.322 e. The molecule has 0 aromatic heterocycles. The minimum Gasteiger partial charge on any atom is -0.328 e. The first-order valence-corrected chi connectivity index (χ1v) is 13.7. The normalized spacial score (nSPS) is 37.9. The molecule has 1 saturated heterocycles. The van der Waals surface area contributed by atoms with E-state index in [1.807, 2.05) is 17.0 Å². The van der Waals surface area contributed by atoms with Gasteiger partial charge < -0.3 is 5.32 Å². The Hall–Kier alpha value is -1.52. The van der Waals surface area contributed by atoms with Crippen LogP contribution in [0.4, 0.5) is 4.79 Å². The lowest BCUT2D eigenvalue weighted by Gasteiger charge is -2.59. The number of carbonyl (C=O) groups is 2. The van der Waals surface area contributed by atoms with E-state index >= 15 is 0 Å². The molecule has 5 atom stereocenters. The van der Waals surface area contributed by atoms with Gasteiger partial charge >= 0.3 is 6.03 Å². The highest BCUT2D eigenvalue weighted by atomic mass is 35.5. The van der Waals surface area contributed by atoms with Crippen molar-refractivity contribution in [2.24, 2.45) is 28.6 Å². The standard InChI is InChI=1S/C28H34Cl2N2O2/c1-26-9-3-4-20(26)19-16-32(24-15-18(33)7-11-27(24,2)21(19)8-10-26)25(34)31-28(12-13-28)22-6-5-17(29)14-23(22)30/h5-6,14-15,19-21H,3-4,7-13,16H2,1-2H3,(H,31,34)/t19-,20-,21-,26-,27+/m0/s1. The van der Waals surface area contributed by atoms with Gasteiger partial charge in [0, 0.05) is 40.2 Å². The van der Waals surface area contributed by atoms with Crippen LogP contribution >= 0.6 is 23.2 Å². The fourth-order valence-electron chi connectivity index (χ4n) is 8.23. The Bertz CT molecular complexity index is 1100. The minimum absolute atomic E-state index is 0.0839. The van der Waals surface area contributed by atoms with Gasteiger partial charge in [0.25, 0.3) is 0 Å². The molecule has 1 aliphatic heterocycles. The molecule has 5 aliphatic rings. The first-order chi connectivity index (χ1) is 16.2. The second-order valence-corrected chi connectivity index (χ2v) is 13.0. The van der Waals surface area contributed by atoms with Crippen molar-refractivity contribution < 1.29 is 9.59 Å². The van der Waals surface area contributed by atoms with Gasteiger partial charge in [-0.25, -0.2) is 4.79 Å². The summed E-state index contributed by atoms with van der Waals surface area (Å²) in [6, 6.07) is 5.43. The number of hydrogen-bond donors (Lipinski definition) is 1. The van der Waals surface area contributed by atoms with E-state index in [2.05, 4.69) is 19.2 Å². The number of urea groups is 1. The second kappa shape index (κ2) is 7.74.